The summed E-state index contributed by atoms with van der Waals surface area (Å²) in [7, 11) is 0. The summed E-state index contributed by atoms with van der Waals surface area (Å²) in [5, 5.41) is 3.58. The molecule has 1 amide bonds. The number of unbranched alkanes of at least 4 members (excludes halogenated alkanes) is 2. The molecule has 0 saturated carbocycles. The van der Waals surface area contributed by atoms with Crippen LogP contribution in [0.2, 0.25) is 0 Å². The number of furan rings is 1. The number of rotatable bonds is 6. The van der Waals surface area contributed by atoms with Gasteiger partial charge in [0, 0.05) is 24.5 Å². The molecule has 3 atom stereocenters. The van der Waals surface area contributed by atoms with E-state index in [1.54, 1.807) is 6.26 Å². The number of benzene rings is 2. The van der Waals surface area contributed by atoms with Gasteiger partial charge in [0.2, 0.25) is 5.91 Å². The molecule has 5 nitrogen and oxygen atoms in total. The summed E-state index contributed by atoms with van der Waals surface area (Å²) in [6, 6.07) is 19.6. The van der Waals surface area contributed by atoms with Gasteiger partial charge in [-0.05, 0) is 47.2 Å². The van der Waals surface area contributed by atoms with Crippen LogP contribution in [0.25, 0.3) is 0 Å². The van der Waals surface area contributed by atoms with Crippen LogP contribution in [0, 0.1) is 5.92 Å². The van der Waals surface area contributed by atoms with Crippen LogP contribution in [0.4, 0.5) is 11.4 Å². The van der Waals surface area contributed by atoms with Crippen LogP contribution in [0.1, 0.15) is 88.6 Å². The zero-order valence-electron chi connectivity index (χ0n) is 22.9. The van der Waals surface area contributed by atoms with Crippen LogP contribution in [0.15, 0.2) is 83.1 Å². The van der Waals surface area contributed by atoms with Crippen LogP contribution in [0.5, 0.6) is 0 Å². The first-order valence-corrected chi connectivity index (χ1v) is 13.8. The fourth-order valence-electron chi connectivity index (χ4n) is 5.74. The van der Waals surface area contributed by atoms with Crippen molar-refractivity contribution in [2.24, 2.45) is 5.92 Å². The third-order valence-electron chi connectivity index (χ3n) is 7.82. The van der Waals surface area contributed by atoms with Gasteiger partial charge < -0.3 is 9.73 Å². The van der Waals surface area contributed by atoms with Gasteiger partial charge >= 0.3 is 0 Å². The molecular weight excluding hydrogens is 472 g/mol. The number of nitrogens with zero attached hydrogens (tertiary/aromatic N) is 1. The number of allylic oxidation sites excluding steroid dienone is 1. The summed E-state index contributed by atoms with van der Waals surface area (Å²) < 4.78 is 5.90. The summed E-state index contributed by atoms with van der Waals surface area (Å²) in [5.74, 6) is 0.188. The number of carbonyl (C=O) groups is 2. The van der Waals surface area contributed by atoms with Gasteiger partial charge in [-0.15, -0.1) is 0 Å². The van der Waals surface area contributed by atoms with Crippen molar-refractivity contribution in [1.82, 2.24) is 0 Å². The molecule has 1 aliphatic carbocycles. The summed E-state index contributed by atoms with van der Waals surface area (Å²) in [5.41, 5.74) is 4.91. The second-order valence-corrected chi connectivity index (χ2v) is 11.6. The second kappa shape index (κ2) is 10.6. The Morgan fingerprint density at radius 3 is 2.47 bits per heavy atom. The van der Waals surface area contributed by atoms with Gasteiger partial charge in [0.05, 0.1) is 23.6 Å². The molecule has 0 unspecified atom stereocenters. The Bertz CT molecular complexity index is 1320. The van der Waals surface area contributed by atoms with Gasteiger partial charge in [-0.2, -0.15) is 0 Å². The largest absolute Gasteiger partial charge is 0.467 e. The average molecular weight is 511 g/mol. The normalized spacial score (nSPS) is 21.2. The van der Waals surface area contributed by atoms with Gasteiger partial charge in [-0.3, -0.25) is 14.5 Å². The number of nitrogens with one attached hydrogen (secondary N) is 1. The lowest BCUT2D eigenvalue weighted by Gasteiger charge is -2.36. The quantitative estimate of drug-likeness (QED) is 0.342. The van der Waals surface area contributed by atoms with E-state index >= 15 is 0 Å². The molecule has 198 valence electrons. The van der Waals surface area contributed by atoms with Crippen LogP contribution in [0.3, 0.4) is 0 Å². The molecule has 3 aromatic rings. The first-order chi connectivity index (χ1) is 18.3. The molecule has 5 heteroatoms. The lowest BCUT2D eigenvalue weighted by molar-refractivity contribution is -0.124. The predicted octanol–water partition coefficient (Wildman–Crippen LogP) is 7.91. The Morgan fingerprint density at radius 1 is 1.03 bits per heavy atom. The number of hydrogen-bond acceptors (Lipinski definition) is 4. The number of ketones is 1. The highest BCUT2D eigenvalue weighted by Crippen LogP contribution is 2.48. The summed E-state index contributed by atoms with van der Waals surface area (Å²) in [4.78, 5) is 29.6. The van der Waals surface area contributed by atoms with E-state index in [4.69, 9.17) is 4.42 Å². The Morgan fingerprint density at radius 2 is 1.79 bits per heavy atom. The molecule has 1 N–H and O–H groups in total. The molecule has 1 aromatic heterocycles. The maximum Gasteiger partial charge on any atom is 0.227 e. The fraction of sp³-hybridized carbons (Fsp3) is 0.394. The van der Waals surface area contributed by atoms with E-state index in [-0.39, 0.29) is 23.0 Å². The van der Waals surface area contributed by atoms with E-state index in [1.165, 1.54) is 5.56 Å². The fourth-order valence-corrected chi connectivity index (χ4v) is 5.74. The molecule has 0 fully saturated rings. The topological polar surface area (TPSA) is 62.6 Å². The van der Waals surface area contributed by atoms with Crippen LogP contribution >= 0.6 is 0 Å². The first kappa shape index (κ1) is 26.0. The third kappa shape index (κ3) is 5.07. The highest BCUT2D eigenvalue weighted by molar-refractivity contribution is 6.01. The van der Waals surface area contributed by atoms with E-state index < -0.39 is 12.0 Å². The lowest BCUT2D eigenvalue weighted by Crippen LogP contribution is -2.42. The SMILES string of the molecule is CCCCCC(=O)N1c2ccccc2NC2=C[C@@H](c3ccc(C(C)(C)C)cc3)CC(=O)[C@H]2[C@H]1c1ccco1. The van der Waals surface area contributed by atoms with Gasteiger partial charge in [0.1, 0.15) is 17.6 Å². The van der Waals surface area contributed by atoms with Gasteiger partial charge in [-0.1, -0.05) is 83.0 Å². The van der Waals surface area contributed by atoms with Crippen molar-refractivity contribution in [3.8, 4) is 0 Å². The smallest absolute Gasteiger partial charge is 0.227 e. The molecule has 0 spiro atoms. The number of carbonyl (C=O) groups excluding carboxylic acids is 2. The minimum absolute atomic E-state index is 0.0167. The Kier molecular flexibility index (Phi) is 7.29. The van der Waals surface area contributed by atoms with E-state index in [9.17, 15) is 9.59 Å². The van der Waals surface area contributed by atoms with Crippen LogP contribution < -0.4 is 10.2 Å². The molecule has 2 aromatic carbocycles. The van der Waals surface area contributed by atoms with Gasteiger partial charge in [0.25, 0.3) is 0 Å². The summed E-state index contributed by atoms with van der Waals surface area (Å²) in [6.07, 6.45) is 7.48. The maximum absolute atomic E-state index is 14.0. The Labute approximate surface area is 225 Å². The van der Waals surface area contributed by atoms with E-state index in [0.29, 0.717) is 18.6 Å². The Hall–Kier alpha value is -3.60. The van der Waals surface area contributed by atoms with Crippen molar-refractivity contribution in [3.63, 3.8) is 0 Å². The maximum atomic E-state index is 14.0. The summed E-state index contributed by atoms with van der Waals surface area (Å²) >= 11 is 0. The molecule has 1 aliphatic heterocycles. The number of fused-ring (bicyclic) bond motifs is 2. The van der Waals surface area contributed by atoms with Crippen molar-refractivity contribution in [2.75, 3.05) is 10.2 Å². The van der Waals surface area contributed by atoms with Crippen molar-refractivity contribution >= 4 is 23.1 Å². The number of anilines is 2. The van der Waals surface area contributed by atoms with Crippen molar-refractivity contribution in [3.05, 3.63) is 95.6 Å². The van der Waals surface area contributed by atoms with E-state index in [1.807, 2.05) is 41.3 Å². The average Bonchev–Trinajstić information content (AvgIpc) is 3.38. The molecular formula is C33H38N2O3. The number of amides is 1. The zero-order valence-corrected chi connectivity index (χ0v) is 22.9. The van der Waals surface area contributed by atoms with Crippen molar-refractivity contribution in [1.29, 1.82) is 0 Å². The second-order valence-electron chi connectivity index (χ2n) is 11.6. The number of Topliss-reactive ketones (excluding diaryl/α,β-unsaturated/α-hetero) is 1. The van der Waals surface area contributed by atoms with Crippen LogP contribution in [-0.2, 0) is 15.0 Å². The Balaban J connectivity index is 1.59. The highest BCUT2D eigenvalue weighted by atomic mass is 16.3. The minimum atomic E-state index is -0.543. The highest BCUT2D eigenvalue weighted by Gasteiger charge is 2.46. The van der Waals surface area contributed by atoms with Gasteiger partial charge in [0.15, 0.2) is 0 Å². The predicted molar refractivity (Wildman–Crippen MR) is 152 cm³/mol. The molecule has 5 rings (SSSR count). The van der Waals surface area contributed by atoms with Gasteiger partial charge in [-0.25, -0.2) is 0 Å². The molecule has 2 aliphatic rings. The third-order valence-corrected chi connectivity index (χ3v) is 7.82. The van der Waals surface area contributed by atoms with Crippen molar-refractivity contribution < 1.29 is 14.0 Å². The minimum Gasteiger partial charge on any atom is -0.467 e. The zero-order chi connectivity index (χ0) is 26.9. The molecule has 2 heterocycles. The number of para-hydroxylation sites is 2. The monoisotopic (exact) mass is 510 g/mol. The first-order valence-electron chi connectivity index (χ1n) is 13.8. The van der Waals surface area contributed by atoms with Crippen molar-refractivity contribution in [2.45, 2.75) is 77.2 Å². The summed E-state index contributed by atoms with van der Waals surface area (Å²) in [6.45, 7) is 8.74. The van der Waals surface area contributed by atoms with E-state index in [2.05, 4.69) is 63.4 Å². The standard InChI is InChI=1S/C33H38N2O3/c1-5-6-7-14-30(37)35-27-12-9-8-11-25(27)34-26-20-23(22-15-17-24(18-16-22)33(2,3)4)21-28(36)31(26)32(35)29-13-10-19-38-29/h8-13,15-20,23,31-32,34H,5-7,14,21H2,1-4H3/t23-,31+,32-/m1/s1. The van der Waals surface area contributed by atoms with Crippen LogP contribution in [-0.4, -0.2) is 11.7 Å². The lowest BCUT2D eigenvalue weighted by atomic mass is 9.76. The molecule has 0 radical (unpaired) electrons. The number of hydrogen-bond donors (Lipinski definition) is 1. The molecule has 0 saturated heterocycles. The molecule has 0 bridgehead atoms. The van der Waals surface area contributed by atoms with E-state index in [0.717, 1.165) is 41.9 Å². The molecule has 38 heavy (non-hydrogen) atoms.